The Labute approximate surface area is 131 Å². The number of imidazole rings is 1. The molecule has 4 heterocycles. The van der Waals surface area contributed by atoms with Gasteiger partial charge in [0.15, 0.2) is 17.9 Å². The Balaban J connectivity index is 1.89. The van der Waals surface area contributed by atoms with E-state index in [0.717, 1.165) is 17.0 Å². The van der Waals surface area contributed by atoms with Crippen molar-refractivity contribution in [2.45, 2.75) is 44.4 Å². The molecule has 9 heteroatoms. The van der Waals surface area contributed by atoms with Crippen molar-refractivity contribution in [1.29, 1.82) is 0 Å². The van der Waals surface area contributed by atoms with Crippen LogP contribution in [-0.2, 0) is 4.74 Å². The summed E-state index contributed by atoms with van der Waals surface area (Å²) < 4.78 is 9.11. The van der Waals surface area contributed by atoms with E-state index in [-0.39, 0.29) is 12.6 Å². The molecule has 122 valence electrons. The summed E-state index contributed by atoms with van der Waals surface area (Å²) in [6.45, 7) is 3.47. The lowest BCUT2D eigenvalue weighted by Gasteiger charge is -2.12. The van der Waals surface area contributed by atoms with Gasteiger partial charge >= 0.3 is 0 Å². The lowest BCUT2D eigenvalue weighted by atomic mass is 10.1. The minimum atomic E-state index is -1.16. The van der Waals surface area contributed by atoms with E-state index in [4.69, 9.17) is 4.74 Å². The number of aliphatic hydroxyl groups excluding tert-OH is 3. The number of rotatable bonds is 2. The maximum Gasteiger partial charge on any atom is 0.237 e. The first kappa shape index (κ1) is 14.6. The minimum Gasteiger partial charge on any atom is -0.394 e. The number of aliphatic imine (C=N–C) groups is 1. The zero-order chi connectivity index (χ0) is 16.3. The normalized spacial score (nSPS) is 33.3. The summed E-state index contributed by atoms with van der Waals surface area (Å²) in [6, 6.07) is -0.0819. The summed E-state index contributed by atoms with van der Waals surface area (Å²) in [5, 5.41) is 29.5. The Morgan fingerprint density at radius 1 is 1.30 bits per heavy atom. The van der Waals surface area contributed by atoms with E-state index < -0.39 is 24.5 Å². The van der Waals surface area contributed by atoms with Crippen molar-refractivity contribution in [3.63, 3.8) is 0 Å². The van der Waals surface area contributed by atoms with Gasteiger partial charge in [0.25, 0.3) is 0 Å². The van der Waals surface area contributed by atoms with E-state index >= 15 is 0 Å². The topological polar surface area (TPSA) is 117 Å². The maximum atomic E-state index is 10.3. The summed E-state index contributed by atoms with van der Waals surface area (Å²) in [5.41, 5.74) is 2.20. The van der Waals surface area contributed by atoms with Crippen LogP contribution in [-0.4, -0.2) is 60.6 Å². The molecule has 9 nitrogen and oxygen atoms in total. The molecule has 0 aliphatic carbocycles. The van der Waals surface area contributed by atoms with Crippen molar-refractivity contribution < 1.29 is 24.6 Å². The molecule has 2 aliphatic rings. The van der Waals surface area contributed by atoms with Crippen LogP contribution in [0.4, 0.5) is 0 Å². The second kappa shape index (κ2) is 5.03. The van der Waals surface area contributed by atoms with Gasteiger partial charge < -0.3 is 20.1 Å². The Kier molecular flexibility index (Phi) is 3.20. The third-order valence-corrected chi connectivity index (χ3v) is 4.47. The second-order valence-electron chi connectivity index (χ2n) is 5.91. The highest BCUT2D eigenvalue weighted by atomic mass is 16.6. The van der Waals surface area contributed by atoms with Crippen molar-refractivity contribution in [2.75, 3.05) is 6.61 Å². The van der Waals surface area contributed by atoms with Gasteiger partial charge in [0, 0.05) is 6.92 Å². The molecule has 23 heavy (non-hydrogen) atoms. The van der Waals surface area contributed by atoms with Crippen molar-refractivity contribution in [1.82, 2.24) is 14.5 Å². The SMILES string of the molecule is CC1=NC(C)c2ncnc3c2[n+]1cn3C1OC(CO)C(O)C1O. The largest absolute Gasteiger partial charge is 0.394 e. The average Bonchev–Trinajstić information content (AvgIpc) is 3.05. The Morgan fingerprint density at radius 2 is 2.09 bits per heavy atom. The van der Waals surface area contributed by atoms with Crippen LogP contribution in [0.15, 0.2) is 17.6 Å². The number of aliphatic hydroxyl groups is 3. The maximum absolute atomic E-state index is 10.3. The fourth-order valence-electron chi connectivity index (χ4n) is 3.29. The van der Waals surface area contributed by atoms with Gasteiger partial charge in [-0.05, 0) is 6.92 Å². The highest BCUT2D eigenvalue weighted by Gasteiger charge is 2.46. The number of aromatic nitrogens is 4. The molecule has 2 aromatic heterocycles. The van der Waals surface area contributed by atoms with Crippen LogP contribution >= 0.6 is 0 Å². The fourth-order valence-corrected chi connectivity index (χ4v) is 3.29. The molecule has 1 saturated heterocycles. The van der Waals surface area contributed by atoms with Crippen LogP contribution in [0.5, 0.6) is 0 Å². The third-order valence-electron chi connectivity index (χ3n) is 4.47. The van der Waals surface area contributed by atoms with Gasteiger partial charge in [0.2, 0.25) is 17.7 Å². The molecule has 0 bridgehead atoms. The van der Waals surface area contributed by atoms with Crippen LogP contribution in [0.25, 0.3) is 11.2 Å². The molecule has 0 amide bonds. The molecule has 4 rings (SSSR count). The quantitative estimate of drug-likeness (QED) is 0.590. The minimum absolute atomic E-state index is 0.0819. The molecule has 0 spiro atoms. The smallest absolute Gasteiger partial charge is 0.237 e. The average molecular weight is 320 g/mol. The number of nitrogens with zero attached hydrogens (tertiary/aromatic N) is 5. The zero-order valence-corrected chi connectivity index (χ0v) is 12.7. The first-order valence-electron chi connectivity index (χ1n) is 7.47. The van der Waals surface area contributed by atoms with Crippen molar-refractivity contribution in [2.24, 2.45) is 4.99 Å². The summed E-state index contributed by atoms with van der Waals surface area (Å²) in [6.07, 6.45) is -0.808. The summed E-state index contributed by atoms with van der Waals surface area (Å²) in [5.74, 6) is 0.787. The molecule has 2 aliphatic heterocycles. The first-order valence-corrected chi connectivity index (χ1v) is 7.47. The van der Waals surface area contributed by atoms with E-state index in [1.165, 1.54) is 6.33 Å². The lowest BCUT2D eigenvalue weighted by Crippen LogP contribution is -2.43. The van der Waals surface area contributed by atoms with Crippen molar-refractivity contribution >= 4 is 17.0 Å². The molecule has 5 unspecified atom stereocenters. The van der Waals surface area contributed by atoms with Gasteiger partial charge in [-0.25, -0.2) is 14.5 Å². The summed E-state index contributed by atoms with van der Waals surface area (Å²) in [7, 11) is 0. The Hall–Kier alpha value is -1.94. The molecule has 5 atom stereocenters. The number of hydrogen-bond acceptors (Lipinski definition) is 7. The van der Waals surface area contributed by atoms with E-state index in [9.17, 15) is 15.3 Å². The van der Waals surface area contributed by atoms with Crippen molar-refractivity contribution in [3.8, 4) is 0 Å². The monoisotopic (exact) mass is 320 g/mol. The molecular weight excluding hydrogens is 302 g/mol. The van der Waals surface area contributed by atoms with Gasteiger partial charge in [-0.2, -0.15) is 4.57 Å². The predicted octanol–water partition coefficient (Wildman–Crippen LogP) is -1.33. The van der Waals surface area contributed by atoms with E-state index in [1.807, 2.05) is 18.4 Å². The zero-order valence-electron chi connectivity index (χ0n) is 12.7. The molecule has 3 N–H and O–H groups in total. The Morgan fingerprint density at radius 3 is 2.78 bits per heavy atom. The molecular formula is C14H18N5O4+. The van der Waals surface area contributed by atoms with Crippen LogP contribution in [0, 0.1) is 0 Å². The van der Waals surface area contributed by atoms with E-state index in [0.29, 0.717) is 5.65 Å². The van der Waals surface area contributed by atoms with Gasteiger partial charge in [-0.1, -0.05) is 0 Å². The van der Waals surface area contributed by atoms with Crippen LogP contribution < -0.4 is 4.57 Å². The third kappa shape index (κ3) is 1.94. The van der Waals surface area contributed by atoms with Crippen LogP contribution in [0.3, 0.4) is 0 Å². The standard InChI is InChI=1S/C14H18N5O4/c1-6-9-10-13(16-4-15-9)19(5-18(10)7(2)17-6)14-12(22)11(21)8(3-20)23-14/h4-6,8,11-12,14,20-22H,3H2,1-2H3/q+1. The first-order chi connectivity index (χ1) is 11.0. The lowest BCUT2D eigenvalue weighted by molar-refractivity contribution is -0.531. The summed E-state index contributed by atoms with van der Waals surface area (Å²) >= 11 is 0. The summed E-state index contributed by atoms with van der Waals surface area (Å²) in [4.78, 5) is 13.2. The van der Waals surface area contributed by atoms with Gasteiger partial charge in [-0.15, -0.1) is 4.99 Å². The molecule has 0 aromatic carbocycles. The number of ether oxygens (including phenoxy) is 1. The molecule has 0 radical (unpaired) electrons. The van der Waals surface area contributed by atoms with Gasteiger partial charge in [0.05, 0.1) is 6.61 Å². The van der Waals surface area contributed by atoms with Gasteiger partial charge in [0.1, 0.15) is 30.3 Å². The van der Waals surface area contributed by atoms with Gasteiger partial charge in [-0.3, -0.25) is 0 Å². The molecule has 1 fully saturated rings. The second-order valence-corrected chi connectivity index (χ2v) is 5.91. The van der Waals surface area contributed by atoms with Crippen LogP contribution in [0.1, 0.15) is 31.8 Å². The molecule has 2 aromatic rings. The number of hydrogen-bond donors (Lipinski definition) is 3. The van der Waals surface area contributed by atoms with Crippen molar-refractivity contribution in [3.05, 3.63) is 18.3 Å². The van der Waals surface area contributed by atoms with Crippen LogP contribution in [0.2, 0.25) is 0 Å². The predicted molar refractivity (Wildman–Crippen MR) is 77.7 cm³/mol. The highest BCUT2D eigenvalue weighted by molar-refractivity contribution is 5.81. The Bertz CT molecular complexity index is 804. The fraction of sp³-hybridized carbons (Fsp3) is 0.571. The molecule has 0 saturated carbocycles. The van der Waals surface area contributed by atoms with E-state index in [1.54, 1.807) is 10.9 Å². The highest BCUT2D eigenvalue weighted by Crippen LogP contribution is 2.32. The van der Waals surface area contributed by atoms with E-state index in [2.05, 4.69) is 15.0 Å².